The lowest BCUT2D eigenvalue weighted by atomic mass is 10.2. The molecule has 0 bridgehead atoms. The van der Waals surface area contributed by atoms with E-state index in [2.05, 4.69) is 5.32 Å². The summed E-state index contributed by atoms with van der Waals surface area (Å²) >= 11 is 0. The van der Waals surface area contributed by atoms with E-state index in [0.717, 1.165) is 12.8 Å². The molecule has 0 aromatic heterocycles. The lowest BCUT2D eigenvalue weighted by Gasteiger charge is -2.08. The fraction of sp³-hybridized carbons (Fsp3) is 0.357. The molecule has 1 aliphatic carbocycles. The second-order valence-electron chi connectivity index (χ2n) is 4.68. The molecule has 0 saturated heterocycles. The molecule has 1 aliphatic rings. The quantitative estimate of drug-likeness (QED) is 0.514. The summed E-state index contributed by atoms with van der Waals surface area (Å²) in [4.78, 5) is 21.8. The minimum atomic E-state index is -0.448. The molecule has 5 nitrogen and oxygen atoms in total. The predicted octanol–water partition coefficient (Wildman–Crippen LogP) is 2.67. The van der Waals surface area contributed by atoms with Crippen molar-refractivity contribution < 1.29 is 9.72 Å². The molecule has 1 N–H and O–H groups in total. The number of non-ortho nitro benzene ring substituents is 1. The Morgan fingerprint density at radius 2 is 2.11 bits per heavy atom. The zero-order chi connectivity index (χ0) is 13.7. The molecule has 0 spiro atoms. The number of nitrogens with zero attached hydrogens (tertiary/aromatic N) is 1. The Balaban J connectivity index is 1.95. The Hall–Kier alpha value is -2.17. The van der Waals surface area contributed by atoms with Gasteiger partial charge in [0.1, 0.15) is 0 Å². The van der Waals surface area contributed by atoms with Crippen molar-refractivity contribution in [3.05, 3.63) is 46.0 Å². The van der Waals surface area contributed by atoms with Gasteiger partial charge in [-0.3, -0.25) is 14.9 Å². The summed E-state index contributed by atoms with van der Waals surface area (Å²) in [6.45, 7) is 0. The van der Waals surface area contributed by atoms with Crippen LogP contribution >= 0.6 is 0 Å². The smallest absolute Gasteiger partial charge is 0.270 e. The number of hydrogen-bond acceptors (Lipinski definition) is 3. The Morgan fingerprint density at radius 1 is 1.37 bits per heavy atom. The zero-order valence-electron chi connectivity index (χ0n) is 10.5. The van der Waals surface area contributed by atoms with Crippen molar-refractivity contribution in [2.45, 2.75) is 31.7 Å². The van der Waals surface area contributed by atoms with Crippen molar-refractivity contribution in [3.8, 4) is 0 Å². The molecule has 0 radical (unpaired) electrons. The number of amides is 1. The maximum atomic E-state index is 11.7. The van der Waals surface area contributed by atoms with Gasteiger partial charge in [-0.2, -0.15) is 0 Å². The van der Waals surface area contributed by atoms with E-state index in [1.165, 1.54) is 31.1 Å². The number of carbonyl (C=O) groups is 1. The van der Waals surface area contributed by atoms with Crippen LogP contribution in [0.1, 0.15) is 31.2 Å². The van der Waals surface area contributed by atoms with Crippen LogP contribution in [0.3, 0.4) is 0 Å². The van der Waals surface area contributed by atoms with Gasteiger partial charge in [-0.25, -0.2) is 0 Å². The van der Waals surface area contributed by atoms with Crippen LogP contribution in [0.2, 0.25) is 0 Å². The highest BCUT2D eigenvalue weighted by Crippen LogP contribution is 2.17. The lowest BCUT2D eigenvalue weighted by Crippen LogP contribution is -2.30. The fourth-order valence-electron chi connectivity index (χ4n) is 2.23. The van der Waals surface area contributed by atoms with E-state index in [-0.39, 0.29) is 17.6 Å². The molecule has 1 amide bonds. The van der Waals surface area contributed by atoms with Gasteiger partial charge in [-0.05, 0) is 24.5 Å². The van der Waals surface area contributed by atoms with Gasteiger partial charge in [0.2, 0.25) is 5.91 Å². The van der Waals surface area contributed by atoms with Crippen molar-refractivity contribution in [2.24, 2.45) is 0 Å². The number of rotatable bonds is 4. The lowest BCUT2D eigenvalue weighted by molar-refractivity contribution is -0.384. The third-order valence-corrected chi connectivity index (χ3v) is 3.21. The maximum Gasteiger partial charge on any atom is 0.270 e. The molecule has 0 atom stereocenters. The van der Waals surface area contributed by atoms with Gasteiger partial charge in [0.15, 0.2) is 0 Å². The Morgan fingerprint density at radius 3 is 2.79 bits per heavy atom. The molecule has 1 fully saturated rings. The highest BCUT2D eigenvalue weighted by atomic mass is 16.6. The monoisotopic (exact) mass is 260 g/mol. The first-order valence-electron chi connectivity index (χ1n) is 6.38. The summed E-state index contributed by atoms with van der Waals surface area (Å²) in [7, 11) is 0. The van der Waals surface area contributed by atoms with Crippen molar-refractivity contribution in [1.29, 1.82) is 0 Å². The highest BCUT2D eigenvalue weighted by molar-refractivity contribution is 5.92. The van der Waals surface area contributed by atoms with E-state index >= 15 is 0 Å². The Kier molecular flexibility index (Phi) is 4.28. The van der Waals surface area contributed by atoms with Crippen molar-refractivity contribution in [2.75, 3.05) is 0 Å². The van der Waals surface area contributed by atoms with Gasteiger partial charge < -0.3 is 5.32 Å². The molecule has 0 heterocycles. The van der Waals surface area contributed by atoms with Crippen LogP contribution in [0.15, 0.2) is 30.3 Å². The van der Waals surface area contributed by atoms with Crippen LogP contribution in [0.25, 0.3) is 6.08 Å². The number of hydrogen-bond donors (Lipinski definition) is 1. The van der Waals surface area contributed by atoms with E-state index < -0.39 is 4.92 Å². The van der Waals surface area contributed by atoms with E-state index in [9.17, 15) is 14.9 Å². The van der Waals surface area contributed by atoms with Crippen LogP contribution in [-0.4, -0.2) is 16.9 Å². The second-order valence-corrected chi connectivity index (χ2v) is 4.68. The molecule has 100 valence electrons. The molecule has 1 aromatic carbocycles. The first-order valence-corrected chi connectivity index (χ1v) is 6.38. The summed E-state index contributed by atoms with van der Waals surface area (Å²) < 4.78 is 0. The number of carbonyl (C=O) groups excluding carboxylic acids is 1. The van der Waals surface area contributed by atoms with E-state index in [4.69, 9.17) is 0 Å². The van der Waals surface area contributed by atoms with Crippen molar-refractivity contribution in [3.63, 3.8) is 0 Å². The average Bonchev–Trinajstić information content (AvgIpc) is 2.89. The summed E-state index contributed by atoms with van der Waals surface area (Å²) in [5.41, 5.74) is 0.675. The average molecular weight is 260 g/mol. The molecular weight excluding hydrogens is 244 g/mol. The normalized spacial score (nSPS) is 15.8. The van der Waals surface area contributed by atoms with Gasteiger partial charge >= 0.3 is 0 Å². The molecule has 5 heteroatoms. The summed E-state index contributed by atoms with van der Waals surface area (Å²) in [5, 5.41) is 13.6. The third-order valence-electron chi connectivity index (χ3n) is 3.21. The molecular formula is C14H16N2O3. The minimum Gasteiger partial charge on any atom is -0.350 e. The van der Waals surface area contributed by atoms with Crippen molar-refractivity contribution in [1.82, 2.24) is 5.32 Å². The van der Waals surface area contributed by atoms with Crippen LogP contribution in [0.5, 0.6) is 0 Å². The number of benzene rings is 1. The standard InChI is InChI=1S/C14H16N2O3/c17-14(15-12-5-1-2-6-12)9-8-11-4-3-7-13(10-11)16(18)19/h3-4,7-10,12H,1-2,5-6H2,(H,15,17)/b9-8+. The summed E-state index contributed by atoms with van der Waals surface area (Å²) in [6, 6.07) is 6.48. The topological polar surface area (TPSA) is 72.2 Å². The second kappa shape index (κ2) is 6.13. The molecule has 2 rings (SSSR count). The van der Waals surface area contributed by atoms with Gasteiger partial charge in [0, 0.05) is 24.3 Å². The number of nitro groups is 1. The molecule has 0 aliphatic heterocycles. The molecule has 1 saturated carbocycles. The van der Waals surface area contributed by atoms with Crippen molar-refractivity contribution >= 4 is 17.7 Å². The Labute approximate surface area is 111 Å². The van der Waals surface area contributed by atoms with E-state index in [1.54, 1.807) is 18.2 Å². The molecule has 0 unspecified atom stereocenters. The predicted molar refractivity (Wildman–Crippen MR) is 72.5 cm³/mol. The van der Waals surface area contributed by atoms with Crippen LogP contribution in [0.4, 0.5) is 5.69 Å². The van der Waals surface area contributed by atoms with E-state index in [1.807, 2.05) is 0 Å². The van der Waals surface area contributed by atoms with E-state index in [0.29, 0.717) is 5.56 Å². The summed E-state index contributed by atoms with van der Waals surface area (Å²) in [6.07, 6.45) is 7.43. The van der Waals surface area contributed by atoms with Gasteiger partial charge in [0.05, 0.1) is 4.92 Å². The SMILES string of the molecule is O=C(/C=C/c1cccc([N+](=O)[O-])c1)NC1CCCC1. The molecule has 19 heavy (non-hydrogen) atoms. The largest absolute Gasteiger partial charge is 0.350 e. The number of nitro benzene ring substituents is 1. The van der Waals surface area contributed by atoms with Crippen LogP contribution in [0, 0.1) is 10.1 Å². The molecule has 1 aromatic rings. The van der Waals surface area contributed by atoms with Gasteiger partial charge in [-0.1, -0.05) is 25.0 Å². The first-order chi connectivity index (χ1) is 9.15. The number of nitrogens with one attached hydrogen (secondary N) is 1. The van der Waals surface area contributed by atoms with Gasteiger partial charge in [0.25, 0.3) is 5.69 Å². The maximum absolute atomic E-state index is 11.7. The third kappa shape index (κ3) is 3.91. The van der Waals surface area contributed by atoms with Crippen LogP contribution < -0.4 is 5.32 Å². The highest BCUT2D eigenvalue weighted by Gasteiger charge is 2.15. The fourth-order valence-corrected chi connectivity index (χ4v) is 2.23. The summed E-state index contributed by atoms with van der Waals surface area (Å²) in [5.74, 6) is -0.140. The zero-order valence-corrected chi connectivity index (χ0v) is 10.5. The first kappa shape index (κ1) is 13.3. The van der Waals surface area contributed by atoms with Crippen LogP contribution in [-0.2, 0) is 4.79 Å². The Bertz CT molecular complexity index is 505. The minimum absolute atomic E-state index is 0.0263. The van der Waals surface area contributed by atoms with Gasteiger partial charge in [-0.15, -0.1) is 0 Å².